The van der Waals surface area contributed by atoms with E-state index in [4.69, 9.17) is 0 Å². The van der Waals surface area contributed by atoms with Crippen molar-refractivity contribution in [2.75, 3.05) is 13.1 Å². The summed E-state index contributed by atoms with van der Waals surface area (Å²) in [6.07, 6.45) is 1.99. The van der Waals surface area contributed by atoms with Crippen LogP contribution in [0.1, 0.15) is 28.8 Å². The lowest BCUT2D eigenvalue weighted by atomic mass is 10.1. The van der Waals surface area contributed by atoms with Crippen molar-refractivity contribution in [3.63, 3.8) is 0 Å². The quantitative estimate of drug-likeness (QED) is 0.819. The van der Waals surface area contributed by atoms with Gasteiger partial charge in [0.05, 0.1) is 5.56 Å². The number of carbonyl (C=O) groups is 1. The van der Waals surface area contributed by atoms with Gasteiger partial charge in [-0.25, -0.2) is 4.39 Å². The van der Waals surface area contributed by atoms with Crippen molar-refractivity contribution in [2.24, 2.45) is 0 Å². The monoisotopic (exact) mass is 236 g/mol. The van der Waals surface area contributed by atoms with Gasteiger partial charge in [-0.3, -0.25) is 4.79 Å². The first-order valence-corrected chi connectivity index (χ1v) is 5.94. The molecule has 92 valence electrons. The number of piperidine rings is 1. The first-order chi connectivity index (χ1) is 8.16. The molecule has 0 aliphatic carbocycles. The average molecular weight is 236 g/mol. The minimum Gasteiger partial charge on any atom is -0.348 e. The van der Waals surface area contributed by atoms with Gasteiger partial charge in [-0.1, -0.05) is 6.07 Å². The van der Waals surface area contributed by atoms with E-state index in [0.717, 1.165) is 31.5 Å². The summed E-state index contributed by atoms with van der Waals surface area (Å²) < 4.78 is 13.6. The van der Waals surface area contributed by atoms with Crippen molar-refractivity contribution < 1.29 is 9.18 Å². The predicted octanol–water partition coefficient (Wildman–Crippen LogP) is 1.62. The minimum absolute atomic E-state index is 0.108. The fourth-order valence-corrected chi connectivity index (χ4v) is 2.04. The second-order valence-corrected chi connectivity index (χ2v) is 4.50. The molecule has 2 N–H and O–H groups in total. The first kappa shape index (κ1) is 12.0. The van der Waals surface area contributed by atoms with Gasteiger partial charge >= 0.3 is 0 Å². The van der Waals surface area contributed by atoms with Gasteiger partial charge in [0.25, 0.3) is 5.91 Å². The zero-order valence-corrected chi connectivity index (χ0v) is 9.92. The molecule has 0 saturated carbocycles. The highest BCUT2D eigenvalue weighted by atomic mass is 19.1. The molecule has 1 aliphatic rings. The van der Waals surface area contributed by atoms with Gasteiger partial charge in [0.2, 0.25) is 0 Å². The summed E-state index contributed by atoms with van der Waals surface area (Å²) >= 11 is 0. The normalized spacial score (nSPS) is 20.0. The molecule has 0 aromatic heterocycles. The third-order valence-electron chi connectivity index (χ3n) is 3.00. The van der Waals surface area contributed by atoms with Crippen molar-refractivity contribution in [2.45, 2.75) is 25.8 Å². The summed E-state index contributed by atoms with van der Waals surface area (Å²) in [6, 6.07) is 4.78. The second kappa shape index (κ2) is 5.27. The zero-order valence-electron chi connectivity index (χ0n) is 9.92. The molecule has 1 saturated heterocycles. The molecule has 3 nitrogen and oxygen atoms in total. The van der Waals surface area contributed by atoms with E-state index >= 15 is 0 Å². The lowest BCUT2D eigenvalue weighted by Crippen LogP contribution is -2.45. The Kier molecular flexibility index (Phi) is 3.74. The molecular weight excluding hydrogens is 219 g/mol. The summed E-state index contributed by atoms with van der Waals surface area (Å²) in [4.78, 5) is 11.9. The van der Waals surface area contributed by atoms with Gasteiger partial charge in [-0.05, 0) is 44.0 Å². The van der Waals surface area contributed by atoms with Gasteiger partial charge in [-0.2, -0.15) is 0 Å². The van der Waals surface area contributed by atoms with Gasteiger partial charge < -0.3 is 10.6 Å². The highest BCUT2D eigenvalue weighted by Crippen LogP contribution is 2.11. The van der Waals surface area contributed by atoms with Crippen LogP contribution in [0, 0.1) is 12.7 Å². The number of amides is 1. The number of nitrogens with one attached hydrogen (secondary N) is 2. The highest BCUT2D eigenvalue weighted by molar-refractivity contribution is 5.94. The Balaban J connectivity index is 2.03. The van der Waals surface area contributed by atoms with Crippen molar-refractivity contribution >= 4 is 5.91 Å². The molecule has 1 fully saturated rings. The van der Waals surface area contributed by atoms with Crippen LogP contribution < -0.4 is 10.6 Å². The van der Waals surface area contributed by atoms with E-state index in [0.29, 0.717) is 0 Å². The van der Waals surface area contributed by atoms with Gasteiger partial charge in [0.15, 0.2) is 0 Å². The number of carbonyl (C=O) groups excluding carboxylic acids is 1. The highest BCUT2D eigenvalue weighted by Gasteiger charge is 2.18. The fourth-order valence-electron chi connectivity index (χ4n) is 2.04. The lowest BCUT2D eigenvalue weighted by Gasteiger charge is -2.23. The maximum absolute atomic E-state index is 13.6. The fraction of sp³-hybridized carbons (Fsp3) is 0.462. The standard InChI is InChI=1S/C13H17FN2O/c1-9-4-5-11(12(14)7-9)13(17)16-10-3-2-6-15-8-10/h4-5,7,10,15H,2-3,6,8H2,1H3,(H,16,17). The van der Waals surface area contributed by atoms with E-state index in [1.165, 1.54) is 12.1 Å². The smallest absolute Gasteiger partial charge is 0.254 e. The molecule has 1 aromatic carbocycles. The van der Waals surface area contributed by atoms with E-state index < -0.39 is 5.82 Å². The summed E-state index contributed by atoms with van der Waals surface area (Å²) in [5.41, 5.74) is 0.944. The summed E-state index contributed by atoms with van der Waals surface area (Å²) in [6.45, 7) is 3.56. The number of benzene rings is 1. The van der Waals surface area contributed by atoms with Crippen molar-refractivity contribution in [3.05, 3.63) is 35.1 Å². The molecule has 1 unspecified atom stereocenters. The topological polar surface area (TPSA) is 41.1 Å². The predicted molar refractivity (Wildman–Crippen MR) is 64.5 cm³/mol. The van der Waals surface area contributed by atoms with Crippen LogP contribution in [0.25, 0.3) is 0 Å². The number of hydrogen-bond donors (Lipinski definition) is 2. The Morgan fingerprint density at radius 3 is 3.00 bits per heavy atom. The molecular formula is C13H17FN2O. The number of hydrogen-bond acceptors (Lipinski definition) is 2. The Bertz CT molecular complexity index is 414. The first-order valence-electron chi connectivity index (χ1n) is 5.94. The number of rotatable bonds is 2. The minimum atomic E-state index is -0.453. The van der Waals surface area contributed by atoms with Gasteiger partial charge in [0.1, 0.15) is 5.82 Å². The molecule has 0 radical (unpaired) electrons. The van der Waals surface area contributed by atoms with Crippen molar-refractivity contribution in [3.8, 4) is 0 Å². The Morgan fingerprint density at radius 1 is 1.53 bits per heavy atom. The zero-order chi connectivity index (χ0) is 12.3. The average Bonchev–Trinajstić information content (AvgIpc) is 2.30. The van der Waals surface area contributed by atoms with Crippen LogP contribution in [0.5, 0.6) is 0 Å². The second-order valence-electron chi connectivity index (χ2n) is 4.50. The third kappa shape index (κ3) is 3.03. The molecule has 1 aliphatic heterocycles. The van der Waals surface area contributed by atoms with Crippen LogP contribution in [0.15, 0.2) is 18.2 Å². The van der Waals surface area contributed by atoms with E-state index in [2.05, 4.69) is 10.6 Å². The summed E-state index contributed by atoms with van der Waals surface area (Å²) in [7, 11) is 0. The molecule has 4 heteroatoms. The van der Waals surface area contributed by atoms with E-state index in [9.17, 15) is 9.18 Å². The van der Waals surface area contributed by atoms with E-state index in [-0.39, 0.29) is 17.5 Å². The Hall–Kier alpha value is -1.42. The SMILES string of the molecule is Cc1ccc(C(=O)NC2CCCNC2)c(F)c1. The molecule has 0 bridgehead atoms. The number of halogens is 1. The maximum Gasteiger partial charge on any atom is 0.254 e. The molecule has 1 amide bonds. The van der Waals surface area contributed by atoms with Crippen LogP contribution >= 0.6 is 0 Å². The van der Waals surface area contributed by atoms with E-state index in [1.807, 2.05) is 0 Å². The van der Waals surface area contributed by atoms with E-state index in [1.54, 1.807) is 13.0 Å². The van der Waals surface area contributed by atoms with Crippen LogP contribution in [0.4, 0.5) is 4.39 Å². The maximum atomic E-state index is 13.6. The van der Waals surface area contributed by atoms with Crippen LogP contribution in [-0.2, 0) is 0 Å². The third-order valence-corrected chi connectivity index (χ3v) is 3.00. The Morgan fingerprint density at radius 2 is 2.35 bits per heavy atom. The van der Waals surface area contributed by atoms with Crippen molar-refractivity contribution in [1.29, 1.82) is 0 Å². The van der Waals surface area contributed by atoms with Gasteiger partial charge in [-0.15, -0.1) is 0 Å². The van der Waals surface area contributed by atoms with Crippen LogP contribution in [-0.4, -0.2) is 25.0 Å². The largest absolute Gasteiger partial charge is 0.348 e. The molecule has 2 rings (SSSR count). The molecule has 1 aromatic rings. The summed E-state index contributed by atoms with van der Waals surface area (Å²) in [5.74, 6) is -0.775. The molecule has 1 heterocycles. The van der Waals surface area contributed by atoms with Crippen LogP contribution in [0.3, 0.4) is 0 Å². The summed E-state index contributed by atoms with van der Waals surface area (Å²) in [5, 5.41) is 6.06. The van der Waals surface area contributed by atoms with Crippen molar-refractivity contribution in [1.82, 2.24) is 10.6 Å². The molecule has 0 spiro atoms. The van der Waals surface area contributed by atoms with Crippen LogP contribution in [0.2, 0.25) is 0 Å². The molecule has 17 heavy (non-hydrogen) atoms. The lowest BCUT2D eigenvalue weighted by molar-refractivity contribution is 0.0926. The number of aryl methyl sites for hydroxylation is 1. The Labute approximate surface area is 100 Å². The molecule has 1 atom stereocenters. The van der Waals surface area contributed by atoms with Gasteiger partial charge in [0, 0.05) is 12.6 Å².